The summed E-state index contributed by atoms with van der Waals surface area (Å²) in [6.45, 7) is 4.37. The number of rotatable bonds is 2. The second-order valence-corrected chi connectivity index (χ2v) is 6.64. The van der Waals surface area contributed by atoms with E-state index >= 15 is 0 Å². The highest BCUT2D eigenvalue weighted by atomic mass is 79.9. The van der Waals surface area contributed by atoms with Crippen LogP contribution in [0.1, 0.15) is 39.4 Å². The van der Waals surface area contributed by atoms with Crippen LogP contribution in [-0.2, 0) is 0 Å². The summed E-state index contributed by atoms with van der Waals surface area (Å²) in [7, 11) is 0. The van der Waals surface area contributed by atoms with Gasteiger partial charge in [-0.2, -0.15) is 0 Å². The van der Waals surface area contributed by atoms with Crippen molar-refractivity contribution in [1.82, 2.24) is 0 Å². The average molecular weight is 349 g/mol. The van der Waals surface area contributed by atoms with E-state index in [-0.39, 0.29) is 10.6 Å². The van der Waals surface area contributed by atoms with E-state index in [1.54, 1.807) is 0 Å². The second-order valence-electron chi connectivity index (χ2n) is 5.65. The summed E-state index contributed by atoms with van der Waals surface area (Å²) in [5.74, 6) is 1.21. The number of halogens is 2. The Kier molecular flexibility index (Phi) is 4.03. The molecule has 0 N–H and O–H groups in total. The molecule has 110 valence electrons. The minimum Gasteiger partial charge on any atom is -0.493 e. The quantitative estimate of drug-likeness (QED) is 0.656. The van der Waals surface area contributed by atoms with Crippen LogP contribution in [0.25, 0.3) is 0 Å². The molecule has 0 aromatic heterocycles. The van der Waals surface area contributed by atoms with Crippen molar-refractivity contribution in [1.29, 1.82) is 0 Å². The standard InChI is InChI=1S/C18H18BrFO/c1-11-9-13(10-12(2)18(11)20)17(19)15-7-8-21-16-6-4-3-5-14(15)16/h3-6,9-10,15,17H,7-8H2,1-2H3. The molecule has 0 saturated heterocycles. The fourth-order valence-corrected chi connectivity index (χ4v) is 3.86. The van der Waals surface area contributed by atoms with E-state index in [1.165, 1.54) is 5.56 Å². The third-order valence-corrected chi connectivity index (χ3v) is 5.30. The lowest BCUT2D eigenvalue weighted by molar-refractivity contribution is 0.266. The van der Waals surface area contributed by atoms with E-state index in [9.17, 15) is 4.39 Å². The van der Waals surface area contributed by atoms with Gasteiger partial charge in [0.15, 0.2) is 0 Å². The molecule has 2 atom stereocenters. The molecule has 0 spiro atoms. The van der Waals surface area contributed by atoms with Crippen LogP contribution in [0.3, 0.4) is 0 Å². The highest BCUT2D eigenvalue weighted by molar-refractivity contribution is 9.09. The fourth-order valence-electron chi connectivity index (χ4n) is 3.04. The zero-order valence-electron chi connectivity index (χ0n) is 12.2. The zero-order valence-corrected chi connectivity index (χ0v) is 13.8. The number of aryl methyl sites for hydroxylation is 2. The lowest BCUT2D eigenvalue weighted by Crippen LogP contribution is -2.17. The van der Waals surface area contributed by atoms with Crippen molar-refractivity contribution >= 4 is 15.9 Å². The summed E-state index contributed by atoms with van der Waals surface area (Å²) in [6, 6.07) is 12.1. The van der Waals surface area contributed by atoms with Gasteiger partial charge in [-0.25, -0.2) is 4.39 Å². The molecular weight excluding hydrogens is 331 g/mol. The van der Waals surface area contributed by atoms with Gasteiger partial charge in [-0.05, 0) is 48.6 Å². The van der Waals surface area contributed by atoms with E-state index in [0.717, 1.165) is 24.3 Å². The summed E-state index contributed by atoms with van der Waals surface area (Å²) >= 11 is 3.83. The van der Waals surface area contributed by atoms with Gasteiger partial charge >= 0.3 is 0 Å². The Hall–Kier alpha value is -1.35. The number of ether oxygens (including phenoxy) is 1. The first-order valence-corrected chi connectivity index (χ1v) is 8.12. The summed E-state index contributed by atoms with van der Waals surface area (Å²) < 4.78 is 19.5. The van der Waals surface area contributed by atoms with E-state index in [4.69, 9.17) is 4.74 Å². The molecule has 2 aromatic rings. The van der Waals surface area contributed by atoms with Gasteiger partial charge in [0.2, 0.25) is 0 Å². The molecule has 1 heterocycles. The van der Waals surface area contributed by atoms with E-state index in [1.807, 2.05) is 44.2 Å². The Morgan fingerprint density at radius 3 is 2.57 bits per heavy atom. The van der Waals surface area contributed by atoms with Crippen molar-refractivity contribution in [2.75, 3.05) is 6.61 Å². The average Bonchev–Trinajstić information content (AvgIpc) is 2.51. The Balaban J connectivity index is 1.98. The number of benzene rings is 2. The molecule has 3 heteroatoms. The highest BCUT2D eigenvalue weighted by Crippen LogP contribution is 2.46. The molecule has 0 radical (unpaired) electrons. The maximum absolute atomic E-state index is 13.8. The van der Waals surface area contributed by atoms with E-state index in [2.05, 4.69) is 22.0 Å². The van der Waals surface area contributed by atoms with Gasteiger partial charge in [0.05, 0.1) is 6.61 Å². The summed E-state index contributed by atoms with van der Waals surface area (Å²) in [4.78, 5) is 0.167. The SMILES string of the molecule is Cc1cc(C(Br)C2CCOc3ccccc32)cc(C)c1F. The van der Waals surface area contributed by atoms with Crippen LogP contribution in [0.4, 0.5) is 4.39 Å². The van der Waals surface area contributed by atoms with Crippen molar-refractivity contribution in [2.24, 2.45) is 0 Å². The lowest BCUT2D eigenvalue weighted by atomic mass is 9.86. The monoisotopic (exact) mass is 348 g/mol. The van der Waals surface area contributed by atoms with Crippen molar-refractivity contribution in [3.05, 3.63) is 64.5 Å². The summed E-state index contributed by atoms with van der Waals surface area (Å²) in [5.41, 5.74) is 3.77. The van der Waals surface area contributed by atoms with Crippen LogP contribution in [0.2, 0.25) is 0 Å². The highest BCUT2D eigenvalue weighted by Gasteiger charge is 2.28. The number of hydrogen-bond donors (Lipinski definition) is 0. The number of hydrogen-bond acceptors (Lipinski definition) is 1. The molecule has 2 unspecified atom stereocenters. The maximum Gasteiger partial charge on any atom is 0.129 e. The van der Waals surface area contributed by atoms with Crippen molar-refractivity contribution in [3.63, 3.8) is 0 Å². The van der Waals surface area contributed by atoms with Gasteiger partial charge in [-0.1, -0.05) is 46.3 Å². The van der Waals surface area contributed by atoms with Crippen LogP contribution in [0.5, 0.6) is 5.75 Å². The smallest absolute Gasteiger partial charge is 0.129 e. The molecule has 0 bridgehead atoms. The molecule has 1 aliphatic rings. The first kappa shape index (κ1) is 14.6. The molecule has 0 saturated carbocycles. The van der Waals surface area contributed by atoms with Gasteiger partial charge in [0.25, 0.3) is 0 Å². The third-order valence-electron chi connectivity index (χ3n) is 4.14. The number of alkyl halides is 1. The molecule has 1 nitrogen and oxygen atoms in total. The van der Waals surface area contributed by atoms with Crippen LogP contribution < -0.4 is 4.74 Å². The topological polar surface area (TPSA) is 9.23 Å². The molecule has 0 amide bonds. The van der Waals surface area contributed by atoms with E-state index < -0.39 is 0 Å². The number of fused-ring (bicyclic) bond motifs is 1. The Morgan fingerprint density at radius 1 is 1.19 bits per heavy atom. The normalized spacial score (nSPS) is 18.8. The maximum atomic E-state index is 13.8. The molecule has 0 aliphatic carbocycles. The van der Waals surface area contributed by atoms with Gasteiger partial charge in [-0.15, -0.1) is 0 Å². The molecule has 1 aliphatic heterocycles. The Bertz CT molecular complexity index is 645. The molecule has 2 aromatic carbocycles. The van der Waals surface area contributed by atoms with Gasteiger partial charge in [0, 0.05) is 10.7 Å². The van der Waals surface area contributed by atoms with Crippen LogP contribution in [0, 0.1) is 19.7 Å². The predicted molar refractivity (Wildman–Crippen MR) is 86.8 cm³/mol. The largest absolute Gasteiger partial charge is 0.493 e. The predicted octanol–water partition coefficient (Wildman–Crippen LogP) is 5.44. The first-order chi connectivity index (χ1) is 10.1. The van der Waals surface area contributed by atoms with E-state index in [0.29, 0.717) is 17.0 Å². The van der Waals surface area contributed by atoms with Crippen LogP contribution in [0.15, 0.2) is 36.4 Å². The Morgan fingerprint density at radius 2 is 1.86 bits per heavy atom. The zero-order chi connectivity index (χ0) is 15.0. The summed E-state index contributed by atoms with van der Waals surface area (Å²) in [5, 5.41) is 0. The van der Waals surface area contributed by atoms with Gasteiger partial charge < -0.3 is 4.74 Å². The lowest BCUT2D eigenvalue weighted by Gasteiger charge is -2.30. The van der Waals surface area contributed by atoms with Crippen molar-refractivity contribution in [3.8, 4) is 5.75 Å². The van der Waals surface area contributed by atoms with Crippen LogP contribution >= 0.6 is 15.9 Å². The molecule has 3 rings (SSSR count). The van der Waals surface area contributed by atoms with Gasteiger partial charge in [-0.3, -0.25) is 0 Å². The first-order valence-electron chi connectivity index (χ1n) is 7.20. The second kappa shape index (κ2) is 5.80. The minimum atomic E-state index is -0.106. The Labute approximate surface area is 133 Å². The molecular formula is C18H18BrFO. The van der Waals surface area contributed by atoms with Crippen molar-refractivity contribution < 1.29 is 9.13 Å². The van der Waals surface area contributed by atoms with Crippen LogP contribution in [-0.4, -0.2) is 6.61 Å². The number of para-hydroxylation sites is 1. The van der Waals surface area contributed by atoms with Gasteiger partial charge in [0.1, 0.15) is 11.6 Å². The van der Waals surface area contributed by atoms with Crippen molar-refractivity contribution in [2.45, 2.75) is 31.0 Å². The fraction of sp³-hybridized carbons (Fsp3) is 0.333. The molecule has 21 heavy (non-hydrogen) atoms. The molecule has 0 fully saturated rings. The third kappa shape index (κ3) is 2.71. The summed E-state index contributed by atoms with van der Waals surface area (Å²) in [6.07, 6.45) is 0.961. The minimum absolute atomic E-state index is 0.106.